The minimum atomic E-state index is 0.124. The molecule has 1 saturated carbocycles. The molecule has 0 aromatic heterocycles. The molecule has 0 unspecified atom stereocenters. The van der Waals surface area contributed by atoms with Crippen LogP contribution in [0.2, 0.25) is 0 Å². The molecule has 1 aliphatic heterocycles. The monoisotopic (exact) mass is 334 g/mol. The van der Waals surface area contributed by atoms with Crippen molar-refractivity contribution in [2.75, 3.05) is 10.2 Å². The molecule has 2 aromatic carbocycles. The van der Waals surface area contributed by atoms with Gasteiger partial charge >= 0.3 is 0 Å². The summed E-state index contributed by atoms with van der Waals surface area (Å²) in [7, 11) is 0. The summed E-state index contributed by atoms with van der Waals surface area (Å²) in [6, 6.07) is 15.9. The number of fused-ring (bicyclic) bond motifs is 1. The van der Waals surface area contributed by atoms with E-state index < -0.39 is 0 Å². The van der Waals surface area contributed by atoms with Crippen LogP contribution < -0.4 is 10.2 Å². The second-order valence-corrected chi connectivity index (χ2v) is 6.93. The Balaban J connectivity index is 1.55. The number of rotatable bonds is 4. The second-order valence-electron chi connectivity index (χ2n) is 6.93. The number of amides is 2. The van der Waals surface area contributed by atoms with E-state index in [2.05, 4.69) is 5.32 Å². The average molecular weight is 334 g/mol. The molecule has 0 radical (unpaired) electrons. The molecule has 4 rings (SSSR count). The van der Waals surface area contributed by atoms with Crippen LogP contribution in [0.5, 0.6) is 0 Å². The molecule has 2 amide bonds. The van der Waals surface area contributed by atoms with Crippen LogP contribution in [-0.4, -0.2) is 11.8 Å². The van der Waals surface area contributed by atoms with Crippen LogP contribution in [0.25, 0.3) is 0 Å². The van der Waals surface area contributed by atoms with E-state index in [1.54, 1.807) is 0 Å². The van der Waals surface area contributed by atoms with Gasteiger partial charge in [-0.2, -0.15) is 0 Å². The molecule has 1 heterocycles. The first-order chi connectivity index (χ1) is 12.2. The average Bonchev–Trinajstić information content (AvgIpc) is 2.57. The third-order valence-corrected chi connectivity index (χ3v) is 5.21. The Hall–Kier alpha value is -2.62. The molecule has 2 aliphatic rings. The molecular formula is C21H22N2O2. The lowest BCUT2D eigenvalue weighted by molar-refractivity contribution is -0.122. The number of nitrogens with one attached hydrogen (secondary N) is 1. The van der Waals surface area contributed by atoms with Crippen LogP contribution in [-0.2, 0) is 22.6 Å². The molecule has 1 aliphatic carbocycles. The van der Waals surface area contributed by atoms with Crippen LogP contribution in [0, 0.1) is 5.92 Å². The number of carbonyl (C=O) groups excluding carboxylic acids is 2. The van der Waals surface area contributed by atoms with Gasteiger partial charge in [0.05, 0.1) is 6.54 Å². The predicted octanol–water partition coefficient (Wildman–Crippen LogP) is 3.90. The van der Waals surface area contributed by atoms with Gasteiger partial charge in [-0.05, 0) is 48.6 Å². The van der Waals surface area contributed by atoms with E-state index in [0.717, 1.165) is 48.2 Å². The lowest BCUT2D eigenvalue weighted by atomic mass is 9.85. The third-order valence-electron chi connectivity index (χ3n) is 5.21. The van der Waals surface area contributed by atoms with Crippen molar-refractivity contribution in [2.45, 2.75) is 38.6 Å². The highest BCUT2D eigenvalue weighted by atomic mass is 16.2. The Kier molecular flexibility index (Phi) is 4.26. The van der Waals surface area contributed by atoms with Gasteiger partial charge in [-0.25, -0.2) is 0 Å². The molecule has 0 bridgehead atoms. The van der Waals surface area contributed by atoms with Crippen molar-refractivity contribution >= 4 is 23.2 Å². The zero-order chi connectivity index (χ0) is 17.2. The molecule has 0 saturated heterocycles. The molecule has 128 valence electrons. The third kappa shape index (κ3) is 3.29. The predicted molar refractivity (Wildman–Crippen MR) is 98.4 cm³/mol. The molecular weight excluding hydrogens is 312 g/mol. The van der Waals surface area contributed by atoms with Crippen LogP contribution in [0.4, 0.5) is 11.4 Å². The van der Waals surface area contributed by atoms with Gasteiger partial charge in [-0.3, -0.25) is 9.59 Å². The van der Waals surface area contributed by atoms with E-state index in [1.807, 2.05) is 53.4 Å². The maximum atomic E-state index is 12.4. The van der Waals surface area contributed by atoms with Crippen molar-refractivity contribution in [1.29, 1.82) is 0 Å². The minimum absolute atomic E-state index is 0.124. The first-order valence-corrected chi connectivity index (χ1v) is 8.99. The van der Waals surface area contributed by atoms with Gasteiger partial charge < -0.3 is 10.2 Å². The number of benzene rings is 2. The van der Waals surface area contributed by atoms with E-state index in [9.17, 15) is 9.59 Å². The number of anilines is 2. The zero-order valence-electron chi connectivity index (χ0n) is 14.2. The summed E-state index contributed by atoms with van der Waals surface area (Å²) < 4.78 is 0. The summed E-state index contributed by atoms with van der Waals surface area (Å²) in [5.74, 6) is 0.453. The van der Waals surface area contributed by atoms with Gasteiger partial charge in [0.1, 0.15) is 0 Å². The maximum Gasteiger partial charge on any atom is 0.227 e. The fourth-order valence-electron chi connectivity index (χ4n) is 3.49. The Bertz CT molecular complexity index is 797. The number of hydrogen-bond donors (Lipinski definition) is 1. The van der Waals surface area contributed by atoms with Gasteiger partial charge in [0, 0.05) is 23.7 Å². The summed E-state index contributed by atoms with van der Waals surface area (Å²) in [5, 5.41) is 3.03. The van der Waals surface area contributed by atoms with E-state index >= 15 is 0 Å². The van der Waals surface area contributed by atoms with Crippen LogP contribution in [0.3, 0.4) is 0 Å². The fraction of sp³-hybridized carbons (Fsp3) is 0.333. The van der Waals surface area contributed by atoms with Gasteiger partial charge in [-0.1, -0.05) is 36.8 Å². The molecule has 0 spiro atoms. The molecule has 25 heavy (non-hydrogen) atoms. The Morgan fingerprint density at radius 3 is 2.60 bits per heavy atom. The summed E-state index contributed by atoms with van der Waals surface area (Å²) in [5.41, 5.74) is 4.04. The summed E-state index contributed by atoms with van der Waals surface area (Å²) >= 11 is 0. The van der Waals surface area contributed by atoms with Gasteiger partial charge in [0.25, 0.3) is 0 Å². The molecule has 2 aromatic rings. The lowest BCUT2D eigenvalue weighted by Crippen LogP contribution is -2.34. The highest BCUT2D eigenvalue weighted by Crippen LogP contribution is 2.33. The van der Waals surface area contributed by atoms with Crippen LogP contribution in [0.15, 0.2) is 48.5 Å². The second kappa shape index (κ2) is 6.71. The Morgan fingerprint density at radius 2 is 1.88 bits per heavy atom. The Labute approximate surface area is 147 Å². The standard InChI is InChI=1S/C21H22N2O2/c24-20-12-9-17-13-18(22-21(25)16-7-4-8-16)10-11-19(17)23(20)14-15-5-2-1-3-6-15/h1-3,5-6,10-11,13,16H,4,7-9,12,14H2,(H,22,25). The number of aryl methyl sites for hydroxylation is 1. The summed E-state index contributed by atoms with van der Waals surface area (Å²) in [6.07, 6.45) is 4.39. The smallest absolute Gasteiger partial charge is 0.227 e. The van der Waals surface area contributed by atoms with Crippen molar-refractivity contribution in [3.05, 3.63) is 59.7 Å². The van der Waals surface area contributed by atoms with Gasteiger partial charge in [-0.15, -0.1) is 0 Å². The topological polar surface area (TPSA) is 49.4 Å². The lowest BCUT2D eigenvalue weighted by Gasteiger charge is -2.30. The number of hydrogen-bond acceptors (Lipinski definition) is 2. The van der Waals surface area contributed by atoms with Crippen LogP contribution in [0.1, 0.15) is 36.8 Å². The maximum absolute atomic E-state index is 12.4. The summed E-state index contributed by atoms with van der Waals surface area (Å²) in [4.78, 5) is 26.4. The highest BCUT2D eigenvalue weighted by Gasteiger charge is 2.27. The van der Waals surface area contributed by atoms with Crippen molar-refractivity contribution < 1.29 is 9.59 Å². The molecule has 0 atom stereocenters. The van der Waals surface area contributed by atoms with E-state index in [4.69, 9.17) is 0 Å². The minimum Gasteiger partial charge on any atom is -0.326 e. The zero-order valence-corrected chi connectivity index (χ0v) is 14.2. The quantitative estimate of drug-likeness (QED) is 0.922. The molecule has 4 nitrogen and oxygen atoms in total. The van der Waals surface area contributed by atoms with E-state index in [-0.39, 0.29) is 17.7 Å². The first kappa shape index (κ1) is 15.9. The van der Waals surface area contributed by atoms with E-state index in [0.29, 0.717) is 13.0 Å². The normalized spacial score (nSPS) is 17.0. The van der Waals surface area contributed by atoms with Crippen molar-refractivity contribution in [3.8, 4) is 0 Å². The van der Waals surface area contributed by atoms with Gasteiger partial charge in [0.2, 0.25) is 11.8 Å². The molecule has 1 N–H and O–H groups in total. The van der Waals surface area contributed by atoms with Crippen molar-refractivity contribution in [3.63, 3.8) is 0 Å². The highest BCUT2D eigenvalue weighted by molar-refractivity contribution is 5.98. The Morgan fingerprint density at radius 1 is 1.08 bits per heavy atom. The van der Waals surface area contributed by atoms with Crippen molar-refractivity contribution in [1.82, 2.24) is 0 Å². The van der Waals surface area contributed by atoms with Crippen LogP contribution >= 0.6 is 0 Å². The SMILES string of the molecule is O=C(Nc1ccc2c(c1)CCC(=O)N2Cc1ccccc1)C1CCC1. The summed E-state index contributed by atoms with van der Waals surface area (Å²) in [6.45, 7) is 0.584. The largest absolute Gasteiger partial charge is 0.326 e. The molecule has 1 fully saturated rings. The van der Waals surface area contributed by atoms with E-state index in [1.165, 1.54) is 0 Å². The molecule has 4 heteroatoms. The van der Waals surface area contributed by atoms with Crippen molar-refractivity contribution in [2.24, 2.45) is 5.92 Å². The first-order valence-electron chi connectivity index (χ1n) is 8.99. The number of carbonyl (C=O) groups is 2. The van der Waals surface area contributed by atoms with Gasteiger partial charge in [0.15, 0.2) is 0 Å². The number of nitrogens with zero attached hydrogens (tertiary/aromatic N) is 1. The fourth-order valence-corrected chi connectivity index (χ4v) is 3.49.